The van der Waals surface area contributed by atoms with Crippen LogP contribution < -0.4 is 9.62 Å². The maximum atomic E-state index is 13.2. The second kappa shape index (κ2) is 7.54. The number of halogens is 1. The van der Waals surface area contributed by atoms with Gasteiger partial charge in [0.1, 0.15) is 5.82 Å². The fourth-order valence-electron chi connectivity index (χ4n) is 3.31. The van der Waals surface area contributed by atoms with Crippen molar-refractivity contribution in [1.29, 1.82) is 0 Å². The fourth-order valence-corrected chi connectivity index (χ4v) is 4.85. The lowest BCUT2D eigenvalue weighted by Crippen LogP contribution is -2.35. The van der Waals surface area contributed by atoms with Crippen LogP contribution >= 0.6 is 0 Å². The predicted octanol–water partition coefficient (Wildman–Crippen LogP) is 4.34. The molecule has 1 heterocycles. The van der Waals surface area contributed by atoms with Crippen molar-refractivity contribution in [1.82, 2.24) is 0 Å². The highest BCUT2D eigenvalue weighted by molar-refractivity contribution is 7.92. The van der Waals surface area contributed by atoms with Crippen molar-refractivity contribution < 1.29 is 17.6 Å². The third-order valence-electron chi connectivity index (χ3n) is 4.53. The third-order valence-corrected chi connectivity index (χ3v) is 6.36. The zero-order valence-corrected chi connectivity index (χ0v) is 17.1. The van der Waals surface area contributed by atoms with E-state index in [0.717, 1.165) is 24.1 Å². The lowest BCUT2D eigenvalue weighted by Gasteiger charge is -2.31. The first-order chi connectivity index (χ1) is 13.1. The molecule has 0 bridgehead atoms. The second-order valence-electron chi connectivity index (χ2n) is 8.26. The maximum absolute atomic E-state index is 13.2. The Balaban J connectivity index is 1.87. The zero-order chi connectivity index (χ0) is 20.5. The van der Waals surface area contributed by atoms with Gasteiger partial charge in [-0.15, -0.1) is 0 Å². The van der Waals surface area contributed by atoms with E-state index in [-0.39, 0.29) is 16.2 Å². The van der Waals surface area contributed by atoms with Crippen molar-refractivity contribution in [2.45, 2.75) is 44.9 Å². The number of rotatable bonds is 4. The van der Waals surface area contributed by atoms with Crippen LogP contribution in [0.2, 0.25) is 0 Å². The smallest absolute Gasteiger partial charge is 0.264 e. The van der Waals surface area contributed by atoms with Crippen molar-refractivity contribution >= 4 is 27.3 Å². The van der Waals surface area contributed by atoms with Gasteiger partial charge in [0.15, 0.2) is 0 Å². The van der Waals surface area contributed by atoms with Crippen LogP contribution in [0.1, 0.15) is 39.2 Å². The Morgan fingerprint density at radius 1 is 1.14 bits per heavy atom. The number of carbonyl (C=O) groups is 1. The molecule has 0 aliphatic carbocycles. The van der Waals surface area contributed by atoms with E-state index in [1.165, 1.54) is 16.4 Å². The Bertz CT molecular complexity index is 980. The first kappa shape index (κ1) is 20.3. The van der Waals surface area contributed by atoms with Crippen molar-refractivity contribution in [3.8, 4) is 0 Å². The Kier molecular flexibility index (Phi) is 5.48. The quantitative estimate of drug-likeness (QED) is 0.824. The molecule has 3 rings (SSSR count). The molecule has 0 saturated heterocycles. The highest BCUT2D eigenvalue weighted by Crippen LogP contribution is 2.34. The zero-order valence-electron chi connectivity index (χ0n) is 16.3. The van der Waals surface area contributed by atoms with E-state index in [4.69, 9.17) is 0 Å². The molecule has 150 valence electrons. The Morgan fingerprint density at radius 2 is 1.82 bits per heavy atom. The number of nitrogens with one attached hydrogen (secondary N) is 1. The van der Waals surface area contributed by atoms with Crippen LogP contribution in [0, 0.1) is 11.2 Å². The molecule has 0 fully saturated rings. The fraction of sp³-hybridized carbons (Fsp3) is 0.381. The first-order valence-electron chi connectivity index (χ1n) is 9.27. The number of nitrogens with zero attached hydrogens (tertiary/aromatic N) is 1. The third kappa shape index (κ3) is 4.52. The molecule has 0 spiro atoms. The van der Waals surface area contributed by atoms with Gasteiger partial charge in [-0.2, -0.15) is 0 Å². The van der Waals surface area contributed by atoms with Gasteiger partial charge in [-0.1, -0.05) is 20.8 Å². The molecule has 7 heteroatoms. The SMILES string of the molecule is CC(C)(C)CC(=O)Nc1ccc2c(c1)CCCN2S(=O)(=O)c1ccc(F)cc1. The minimum atomic E-state index is -3.77. The summed E-state index contributed by atoms with van der Waals surface area (Å²) in [5, 5.41) is 2.89. The van der Waals surface area contributed by atoms with Gasteiger partial charge in [0.25, 0.3) is 10.0 Å². The molecule has 2 aromatic carbocycles. The summed E-state index contributed by atoms with van der Waals surface area (Å²) >= 11 is 0. The van der Waals surface area contributed by atoms with Gasteiger partial charge >= 0.3 is 0 Å². The summed E-state index contributed by atoms with van der Waals surface area (Å²) in [6.45, 7) is 6.36. The number of aryl methyl sites for hydroxylation is 1. The van der Waals surface area contributed by atoms with E-state index in [1.807, 2.05) is 26.8 Å². The van der Waals surface area contributed by atoms with E-state index >= 15 is 0 Å². The molecule has 1 N–H and O–H groups in total. The van der Waals surface area contributed by atoms with Crippen molar-refractivity contribution in [2.24, 2.45) is 5.41 Å². The van der Waals surface area contributed by atoms with Gasteiger partial charge in [-0.3, -0.25) is 9.10 Å². The van der Waals surface area contributed by atoms with Crippen LogP contribution in [0.5, 0.6) is 0 Å². The number of hydrogen-bond acceptors (Lipinski definition) is 3. The lowest BCUT2D eigenvalue weighted by molar-refractivity contribution is -0.117. The van der Waals surface area contributed by atoms with Crippen LogP contribution in [0.25, 0.3) is 0 Å². The summed E-state index contributed by atoms with van der Waals surface area (Å²) in [6.07, 6.45) is 1.80. The van der Waals surface area contributed by atoms with Gasteiger partial charge < -0.3 is 5.32 Å². The Labute approximate surface area is 165 Å². The average Bonchev–Trinajstić information content (AvgIpc) is 2.59. The predicted molar refractivity (Wildman–Crippen MR) is 108 cm³/mol. The molecular weight excluding hydrogens is 379 g/mol. The van der Waals surface area contributed by atoms with E-state index in [2.05, 4.69) is 5.32 Å². The van der Waals surface area contributed by atoms with Gasteiger partial charge in [-0.05, 0) is 66.3 Å². The molecule has 0 unspecified atom stereocenters. The molecule has 1 amide bonds. The van der Waals surface area contributed by atoms with Gasteiger partial charge in [0.05, 0.1) is 10.6 Å². The molecular formula is C21H25FN2O3S. The summed E-state index contributed by atoms with van der Waals surface area (Å²) in [6, 6.07) is 10.1. The van der Waals surface area contributed by atoms with Crippen molar-refractivity contribution in [3.63, 3.8) is 0 Å². The minimum Gasteiger partial charge on any atom is -0.326 e. The topological polar surface area (TPSA) is 66.5 Å². The van der Waals surface area contributed by atoms with Crippen molar-refractivity contribution in [2.75, 3.05) is 16.2 Å². The number of amides is 1. The summed E-state index contributed by atoms with van der Waals surface area (Å²) in [5.41, 5.74) is 2.02. The van der Waals surface area contributed by atoms with Crippen LogP contribution in [0.15, 0.2) is 47.4 Å². The average molecular weight is 405 g/mol. The lowest BCUT2D eigenvalue weighted by atomic mass is 9.92. The largest absolute Gasteiger partial charge is 0.326 e. The maximum Gasteiger partial charge on any atom is 0.264 e. The molecule has 0 radical (unpaired) electrons. The molecule has 0 saturated carbocycles. The van der Waals surface area contributed by atoms with Crippen LogP contribution in [0.4, 0.5) is 15.8 Å². The van der Waals surface area contributed by atoms with Crippen LogP contribution in [-0.2, 0) is 21.2 Å². The van der Waals surface area contributed by atoms with Crippen LogP contribution in [-0.4, -0.2) is 20.9 Å². The molecule has 1 aliphatic rings. The Hall–Kier alpha value is -2.41. The number of hydrogen-bond donors (Lipinski definition) is 1. The van der Waals surface area contributed by atoms with Crippen LogP contribution in [0.3, 0.4) is 0 Å². The van der Waals surface area contributed by atoms with E-state index in [9.17, 15) is 17.6 Å². The number of carbonyl (C=O) groups excluding carboxylic acids is 1. The van der Waals surface area contributed by atoms with Gasteiger partial charge in [0, 0.05) is 18.7 Å². The normalized spacial score (nSPS) is 14.5. The van der Waals surface area contributed by atoms with Gasteiger partial charge in [-0.25, -0.2) is 12.8 Å². The number of fused-ring (bicyclic) bond motifs is 1. The van der Waals surface area contributed by atoms with E-state index in [0.29, 0.717) is 30.8 Å². The van der Waals surface area contributed by atoms with E-state index < -0.39 is 15.8 Å². The second-order valence-corrected chi connectivity index (χ2v) is 10.1. The number of benzene rings is 2. The molecule has 0 aromatic heterocycles. The highest BCUT2D eigenvalue weighted by Gasteiger charge is 2.29. The summed E-state index contributed by atoms with van der Waals surface area (Å²) in [7, 11) is -3.77. The first-order valence-corrected chi connectivity index (χ1v) is 10.7. The highest BCUT2D eigenvalue weighted by atomic mass is 32.2. The minimum absolute atomic E-state index is 0.0595. The summed E-state index contributed by atoms with van der Waals surface area (Å²) in [4.78, 5) is 12.2. The number of sulfonamides is 1. The number of anilines is 2. The molecule has 5 nitrogen and oxygen atoms in total. The molecule has 2 aromatic rings. The van der Waals surface area contributed by atoms with Gasteiger partial charge in [0.2, 0.25) is 5.91 Å². The summed E-state index contributed by atoms with van der Waals surface area (Å²) < 4.78 is 40.6. The summed E-state index contributed by atoms with van der Waals surface area (Å²) in [5.74, 6) is -0.548. The molecule has 0 atom stereocenters. The Morgan fingerprint density at radius 3 is 2.46 bits per heavy atom. The monoisotopic (exact) mass is 404 g/mol. The standard InChI is InChI=1S/C21H25FN2O3S/c1-21(2,3)14-20(25)23-17-8-11-19-15(13-17)5-4-12-24(19)28(26,27)18-9-6-16(22)7-10-18/h6-11,13H,4-5,12,14H2,1-3H3,(H,23,25). The molecule has 28 heavy (non-hydrogen) atoms. The molecule has 1 aliphatic heterocycles. The van der Waals surface area contributed by atoms with Crippen molar-refractivity contribution in [3.05, 3.63) is 53.8 Å². The van der Waals surface area contributed by atoms with E-state index in [1.54, 1.807) is 12.1 Å².